The van der Waals surface area contributed by atoms with E-state index in [0.29, 0.717) is 0 Å². The van der Waals surface area contributed by atoms with Crippen LogP contribution in [0.15, 0.2) is 30.5 Å². The summed E-state index contributed by atoms with van der Waals surface area (Å²) in [6.45, 7) is 3.91. The number of nitrogens with one attached hydrogen (secondary N) is 2. The summed E-state index contributed by atoms with van der Waals surface area (Å²) in [7, 11) is 0. The highest BCUT2D eigenvalue weighted by atomic mass is 16.1. The highest BCUT2D eigenvalue weighted by Crippen LogP contribution is 2.17. The molecule has 0 radical (unpaired) electrons. The normalized spacial score (nSPS) is 10.9. The van der Waals surface area contributed by atoms with Gasteiger partial charge >= 0.3 is 0 Å². The number of carbonyl (C=O) groups excluding carboxylic acids is 1. The van der Waals surface area contributed by atoms with Crippen LogP contribution < -0.4 is 5.32 Å². The van der Waals surface area contributed by atoms with E-state index < -0.39 is 0 Å². The van der Waals surface area contributed by atoms with Gasteiger partial charge < -0.3 is 10.3 Å². The molecule has 0 spiro atoms. The van der Waals surface area contributed by atoms with Gasteiger partial charge in [-0.25, -0.2) is 0 Å². The van der Waals surface area contributed by atoms with Crippen LogP contribution in [-0.2, 0) is 0 Å². The van der Waals surface area contributed by atoms with Crippen LogP contribution in [0.2, 0.25) is 0 Å². The molecule has 1 heterocycles. The second kappa shape index (κ2) is 3.77. The first-order valence-corrected chi connectivity index (χ1v) is 5.05. The fourth-order valence-electron chi connectivity index (χ4n) is 1.62. The molecule has 0 saturated heterocycles. The van der Waals surface area contributed by atoms with Crippen LogP contribution in [-0.4, -0.2) is 16.9 Å². The molecule has 2 rings (SSSR count). The van der Waals surface area contributed by atoms with Crippen molar-refractivity contribution in [3.8, 4) is 0 Å². The largest absolute Gasteiger partial charge is 0.361 e. The lowest BCUT2D eigenvalue weighted by Gasteiger charge is -2.08. The van der Waals surface area contributed by atoms with Crippen molar-refractivity contribution in [2.75, 3.05) is 0 Å². The summed E-state index contributed by atoms with van der Waals surface area (Å²) in [6.07, 6.45) is 1.84. The van der Waals surface area contributed by atoms with E-state index in [-0.39, 0.29) is 11.9 Å². The Morgan fingerprint density at radius 1 is 1.33 bits per heavy atom. The van der Waals surface area contributed by atoms with Crippen LogP contribution in [0.1, 0.15) is 24.2 Å². The fourth-order valence-corrected chi connectivity index (χ4v) is 1.62. The summed E-state index contributed by atoms with van der Waals surface area (Å²) in [5.74, 6) is -0.0183. The van der Waals surface area contributed by atoms with E-state index in [4.69, 9.17) is 0 Å². The Bertz CT molecular complexity index is 485. The first kappa shape index (κ1) is 9.77. The van der Waals surface area contributed by atoms with Gasteiger partial charge in [0.2, 0.25) is 0 Å². The zero-order valence-electron chi connectivity index (χ0n) is 8.87. The van der Waals surface area contributed by atoms with E-state index in [9.17, 15) is 4.79 Å². The van der Waals surface area contributed by atoms with Gasteiger partial charge in [-0.15, -0.1) is 0 Å². The maximum absolute atomic E-state index is 11.8. The average molecular weight is 202 g/mol. The van der Waals surface area contributed by atoms with Crippen molar-refractivity contribution >= 4 is 16.8 Å². The molecule has 0 aliphatic heterocycles. The van der Waals surface area contributed by atoms with Crippen molar-refractivity contribution in [2.24, 2.45) is 0 Å². The predicted octanol–water partition coefficient (Wildman–Crippen LogP) is 2.31. The molecule has 0 aliphatic carbocycles. The number of rotatable bonds is 2. The van der Waals surface area contributed by atoms with Crippen molar-refractivity contribution in [1.82, 2.24) is 10.3 Å². The second-order valence-corrected chi connectivity index (χ2v) is 3.87. The zero-order chi connectivity index (χ0) is 10.8. The van der Waals surface area contributed by atoms with Crippen molar-refractivity contribution in [1.29, 1.82) is 0 Å². The van der Waals surface area contributed by atoms with Crippen LogP contribution in [0.3, 0.4) is 0 Å². The molecule has 0 atom stereocenters. The van der Waals surface area contributed by atoms with Crippen molar-refractivity contribution in [3.63, 3.8) is 0 Å². The molecule has 78 valence electrons. The number of aromatic nitrogens is 1. The number of hydrogen-bond donors (Lipinski definition) is 2. The minimum Gasteiger partial charge on any atom is -0.361 e. The van der Waals surface area contributed by atoms with E-state index in [1.165, 1.54) is 0 Å². The fraction of sp³-hybridized carbons (Fsp3) is 0.250. The first-order chi connectivity index (χ1) is 7.18. The lowest BCUT2D eigenvalue weighted by molar-refractivity contribution is 0.0945. The van der Waals surface area contributed by atoms with Gasteiger partial charge in [0.15, 0.2) is 0 Å². The third-order valence-corrected chi connectivity index (χ3v) is 2.26. The molecule has 3 nitrogen and oxygen atoms in total. The highest BCUT2D eigenvalue weighted by Gasteiger charge is 2.10. The summed E-state index contributed by atoms with van der Waals surface area (Å²) < 4.78 is 0. The van der Waals surface area contributed by atoms with E-state index in [2.05, 4.69) is 10.3 Å². The quantitative estimate of drug-likeness (QED) is 0.771. The molecular formula is C12H14N2O. The number of fused-ring (bicyclic) bond motifs is 1. The summed E-state index contributed by atoms with van der Waals surface area (Å²) in [5, 5.41) is 3.86. The van der Waals surface area contributed by atoms with E-state index in [1.54, 1.807) is 0 Å². The van der Waals surface area contributed by atoms with Crippen molar-refractivity contribution < 1.29 is 4.79 Å². The number of carbonyl (C=O) groups is 1. The van der Waals surface area contributed by atoms with E-state index in [1.807, 2.05) is 44.3 Å². The number of H-pyrrole nitrogens is 1. The van der Waals surface area contributed by atoms with Crippen LogP contribution in [0.4, 0.5) is 0 Å². The molecule has 0 fully saturated rings. The Kier molecular flexibility index (Phi) is 2.46. The van der Waals surface area contributed by atoms with Gasteiger partial charge in [-0.1, -0.05) is 6.07 Å². The Hall–Kier alpha value is -1.77. The summed E-state index contributed by atoms with van der Waals surface area (Å²) >= 11 is 0. The van der Waals surface area contributed by atoms with Crippen LogP contribution in [0.25, 0.3) is 10.9 Å². The van der Waals surface area contributed by atoms with Gasteiger partial charge in [0.1, 0.15) is 0 Å². The van der Waals surface area contributed by atoms with Crippen LogP contribution in [0, 0.1) is 0 Å². The molecule has 1 aromatic heterocycles. The number of amides is 1. The summed E-state index contributed by atoms with van der Waals surface area (Å²) in [5.41, 5.74) is 1.72. The van der Waals surface area contributed by atoms with Crippen LogP contribution >= 0.6 is 0 Å². The average Bonchev–Trinajstić information content (AvgIpc) is 2.63. The molecule has 1 aromatic carbocycles. The third kappa shape index (κ3) is 1.86. The maximum atomic E-state index is 11.8. The molecular weight excluding hydrogens is 188 g/mol. The molecule has 1 amide bonds. The van der Waals surface area contributed by atoms with Crippen molar-refractivity contribution in [3.05, 3.63) is 36.0 Å². The highest BCUT2D eigenvalue weighted by molar-refractivity contribution is 6.06. The van der Waals surface area contributed by atoms with E-state index >= 15 is 0 Å². The Balaban J connectivity index is 2.42. The lowest BCUT2D eigenvalue weighted by Crippen LogP contribution is -2.30. The molecule has 0 saturated carbocycles. The second-order valence-electron chi connectivity index (χ2n) is 3.87. The molecule has 2 aromatic rings. The number of benzene rings is 1. The SMILES string of the molecule is CC(C)NC(=O)c1cccc2[nH]ccc12. The first-order valence-electron chi connectivity index (χ1n) is 5.05. The molecule has 15 heavy (non-hydrogen) atoms. The zero-order valence-corrected chi connectivity index (χ0v) is 8.87. The standard InChI is InChI=1S/C12H14N2O/c1-8(2)14-12(15)10-4-3-5-11-9(10)6-7-13-11/h3-8,13H,1-2H3,(H,14,15). The maximum Gasteiger partial charge on any atom is 0.252 e. The van der Waals surface area contributed by atoms with E-state index in [0.717, 1.165) is 16.5 Å². The van der Waals surface area contributed by atoms with Crippen molar-refractivity contribution in [2.45, 2.75) is 19.9 Å². The third-order valence-electron chi connectivity index (χ3n) is 2.26. The molecule has 3 heteroatoms. The Labute approximate surface area is 88.5 Å². The molecule has 2 N–H and O–H groups in total. The Morgan fingerprint density at radius 2 is 2.13 bits per heavy atom. The summed E-state index contributed by atoms with van der Waals surface area (Å²) in [6, 6.07) is 7.76. The molecule has 0 bridgehead atoms. The van der Waals surface area contributed by atoms with Gasteiger partial charge in [0, 0.05) is 28.7 Å². The summed E-state index contributed by atoms with van der Waals surface area (Å²) in [4.78, 5) is 14.9. The van der Waals surface area contributed by atoms with Gasteiger partial charge in [0.05, 0.1) is 0 Å². The van der Waals surface area contributed by atoms with Gasteiger partial charge in [-0.3, -0.25) is 4.79 Å². The number of hydrogen-bond acceptors (Lipinski definition) is 1. The van der Waals surface area contributed by atoms with Gasteiger partial charge in [-0.2, -0.15) is 0 Å². The minimum absolute atomic E-state index is 0.0183. The van der Waals surface area contributed by atoms with Gasteiger partial charge in [0.25, 0.3) is 5.91 Å². The smallest absolute Gasteiger partial charge is 0.252 e. The lowest BCUT2D eigenvalue weighted by atomic mass is 10.1. The monoisotopic (exact) mass is 202 g/mol. The minimum atomic E-state index is -0.0183. The molecule has 0 unspecified atom stereocenters. The number of aromatic amines is 1. The molecule has 0 aliphatic rings. The topological polar surface area (TPSA) is 44.9 Å². The Morgan fingerprint density at radius 3 is 2.87 bits per heavy atom. The van der Waals surface area contributed by atoms with Crippen LogP contribution in [0.5, 0.6) is 0 Å². The predicted molar refractivity (Wildman–Crippen MR) is 60.9 cm³/mol. The van der Waals surface area contributed by atoms with Gasteiger partial charge in [-0.05, 0) is 32.0 Å².